The number of benzene rings is 2. The second-order valence-corrected chi connectivity index (χ2v) is 4.46. The maximum Gasteiger partial charge on any atom is 0.207 e. The molecule has 1 fully saturated rings. The summed E-state index contributed by atoms with van der Waals surface area (Å²) in [5, 5.41) is 2.44. The molecule has 2 aliphatic rings. The Kier molecular flexibility index (Phi) is 1.60. The van der Waals surface area contributed by atoms with Gasteiger partial charge in [-0.15, -0.1) is 0 Å². The second kappa shape index (κ2) is 2.98. The van der Waals surface area contributed by atoms with Gasteiger partial charge < -0.3 is 9.47 Å². The number of hydrogen-bond donors (Lipinski definition) is 0. The molecule has 2 unspecified atom stereocenters. The molecular weight excluding hydrogens is 200 g/mol. The van der Waals surface area contributed by atoms with Crippen molar-refractivity contribution in [2.45, 2.75) is 18.6 Å². The van der Waals surface area contributed by atoms with Crippen molar-refractivity contribution in [1.29, 1.82) is 0 Å². The maximum absolute atomic E-state index is 5.92. The summed E-state index contributed by atoms with van der Waals surface area (Å²) < 4.78 is 11.5. The molecule has 0 saturated carbocycles. The van der Waals surface area contributed by atoms with Crippen LogP contribution in [0.15, 0.2) is 36.4 Å². The minimum atomic E-state index is -0.0409. The van der Waals surface area contributed by atoms with Gasteiger partial charge in [0.25, 0.3) is 0 Å². The Morgan fingerprint density at radius 1 is 1.06 bits per heavy atom. The number of rotatable bonds is 0. The van der Waals surface area contributed by atoms with Crippen LogP contribution in [0.4, 0.5) is 0 Å². The molecule has 2 aromatic carbocycles. The van der Waals surface area contributed by atoms with Gasteiger partial charge in [0.1, 0.15) is 5.75 Å². The Balaban J connectivity index is 2.00. The first-order chi connectivity index (χ1) is 7.93. The van der Waals surface area contributed by atoms with Gasteiger partial charge in [0, 0.05) is 10.9 Å². The first-order valence-electron chi connectivity index (χ1n) is 5.73. The molecule has 0 N–H and O–H groups in total. The van der Waals surface area contributed by atoms with E-state index in [0.717, 1.165) is 18.8 Å². The van der Waals surface area contributed by atoms with Crippen LogP contribution in [0.2, 0.25) is 0 Å². The first-order valence-corrected chi connectivity index (χ1v) is 5.73. The van der Waals surface area contributed by atoms with Gasteiger partial charge in [-0.25, -0.2) is 0 Å². The highest BCUT2D eigenvalue weighted by atomic mass is 16.7. The zero-order valence-corrected chi connectivity index (χ0v) is 8.85. The topological polar surface area (TPSA) is 18.5 Å². The summed E-state index contributed by atoms with van der Waals surface area (Å²) in [6.45, 7) is 0.821. The summed E-state index contributed by atoms with van der Waals surface area (Å²) >= 11 is 0. The van der Waals surface area contributed by atoms with Crippen molar-refractivity contribution in [3.63, 3.8) is 0 Å². The molecule has 0 spiro atoms. The van der Waals surface area contributed by atoms with Crippen LogP contribution in [0.1, 0.15) is 17.9 Å². The van der Waals surface area contributed by atoms with Crippen molar-refractivity contribution in [2.75, 3.05) is 6.61 Å². The quantitative estimate of drug-likeness (QED) is 0.668. The van der Waals surface area contributed by atoms with E-state index in [0.29, 0.717) is 5.92 Å². The lowest BCUT2D eigenvalue weighted by molar-refractivity contribution is -0.0330. The lowest BCUT2D eigenvalue weighted by Crippen LogP contribution is -2.13. The van der Waals surface area contributed by atoms with Crippen molar-refractivity contribution in [1.82, 2.24) is 0 Å². The molecule has 0 bridgehead atoms. The van der Waals surface area contributed by atoms with E-state index >= 15 is 0 Å². The van der Waals surface area contributed by atoms with Crippen molar-refractivity contribution in [2.24, 2.45) is 0 Å². The van der Waals surface area contributed by atoms with E-state index in [1.807, 2.05) is 0 Å². The molecule has 16 heavy (non-hydrogen) atoms. The molecule has 2 aliphatic heterocycles. The van der Waals surface area contributed by atoms with Crippen molar-refractivity contribution in [3.8, 4) is 5.75 Å². The van der Waals surface area contributed by atoms with Gasteiger partial charge in [-0.1, -0.05) is 36.4 Å². The average Bonchev–Trinajstić information content (AvgIpc) is 2.88. The molecular formula is C14H12O2. The predicted octanol–water partition coefficient (Wildman–Crippen LogP) is 3.06. The third kappa shape index (κ3) is 1.000. The Morgan fingerprint density at radius 3 is 3.00 bits per heavy atom. The Hall–Kier alpha value is -1.54. The van der Waals surface area contributed by atoms with Crippen LogP contribution in [0.5, 0.6) is 5.75 Å². The molecule has 0 aromatic heterocycles. The van der Waals surface area contributed by atoms with Gasteiger partial charge in [-0.3, -0.25) is 0 Å². The van der Waals surface area contributed by atoms with Crippen LogP contribution in [0, 0.1) is 0 Å². The van der Waals surface area contributed by atoms with Crippen molar-refractivity contribution in [3.05, 3.63) is 42.0 Å². The largest absolute Gasteiger partial charge is 0.463 e. The molecule has 0 aliphatic carbocycles. The molecule has 4 rings (SSSR count). The molecule has 1 saturated heterocycles. The van der Waals surface area contributed by atoms with Gasteiger partial charge >= 0.3 is 0 Å². The molecule has 2 nitrogen and oxygen atoms in total. The van der Waals surface area contributed by atoms with Crippen LogP contribution in [0.25, 0.3) is 10.8 Å². The molecule has 0 radical (unpaired) electrons. The highest BCUT2D eigenvalue weighted by molar-refractivity contribution is 5.90. The molecule has 0 amide bonds. The predicted molar refractivity (Wildman–Crippen MR) is 61.7 cm³/mol. The fourth-order valence-electron chi connectivity index (χ4n) is 2.78. The maximum atomic E-state index is 5.92. The van der Waals surface area contributed by atoms with Gasteiger partial charge in [-0.2, -0.15) is 0 Å². The molecule has 2 atom stereocenters. The van der Waals surface area contributed by atoms with E-state index < -0.39 is 0 Å². The summed E-state index contributed by atoms with van der Waals surface area (Å²) in [7, 11) is 0. The van der Waals surface area contributed by atoms with Gasteiger partial charge in [-0.05, 0) is 11.8 Å². The zero-order chi connectivity index (χ0) is 10.5. The highest BCUT2D eigenvalue weighted by Gasteiger charge is 2.39. The monoisotopic (exact) mass is 212 g/mol. The number of fused-ring (bicyclic) bond motifs is 5. The third-order valence-corrected chi connectivity index (χ3v) is 3.58. The SMILES string of the molecule is c1ccc2c3c(ccc2c1)C1CCOC1O3. The van der Waals surface area contributed by atoms with E-state index in [4.69, 9.17) is 9.47 Å². The lowest BCUT2D eigenvalue weighted by atomic mass is 9.96. The van der Waals surface area contributed by atoms with E-state index in [1.165, 1.54) is 16.3 Å². The number of hydrogen-bond acceptors (Lipinski definition) is 2. The summed E-state index contributed by atoms with van der Waals surface area (Å²) in [6, 6.07) is 12.7. The standard InChI is InChI=1S/C14H12O2/c1-2-4-10-9(3-1)5-6-11-12-7-8-15-14(12)16-13(10)11/h1-6,12,14H,7-8H2. The highest BCUT2D eigenvalue weighted by Crippen LogP contribution is 2.47. The van der Waals surface area contributed by atoms with Gasteiger partial charge in [0.05, 0.1) is 12.5 Å². The summed E-state index contributed by atoms with van der Waals surface area (Å²) in [5.74, 6) is 1.48. The van der Waals surface area contributed by atoms with E-state index in [9.17, 15) is 0 Å². The molecule has 2 heterocycles. The molecule has 2 aromatic rings. The van der Waals surface area contributed by atoms with E-state index in [1.54, 1.807) is 0 Å². The Morgan fingerprint density at radius 2 is 2.00 bits per heavy atom. The fourth-order valence-corrected chi connectivity index (χ4v) is 2.78. The smallest absolute Gasteiger partial charge is 0.207 e. The Labute approximate surface area is 93.8 Å². The van der Waals surface area contributed by atoms with Crippen LogP contribution >= 0.6 is 0 Å². The van der Waals surface area contributed by atoms with Crippen LogP contribution in [-0.2, 0) is 4.74 Å². The first kappa shape index (κ1) is 8.59. The van der Waals surface area contributed by atoms with Crippen molar-refractivity contribution < 1.29 is 9.47 Å². The zero-order valence-electron chi connectivity index (χ0n) is 8.85. The van der Waals surface area contributed by atoms with Crippen molar-refractivity contribution >= 4 is 10.8 Å². The average molecular weight is 212 g/mol. The van der Waals surface area contributed by atoms with Crippen LogP contribution in [0.3, 0.4) is 0 Å². The third-order valence-electron chi connectivity index (χ3n) is 3.58. The van der Waals surface area contributed by atoms with Crippen LogP contribution < -0.4 is 4.74 Å². The van der Waals surface area contributed by atoms with E-state index in [-0.39, 0.29) is 6.29 Å². The fraction of sp³-hybridized carbons (Fsp3) is 0.286. The minimum absolute atomic E-state index is 0.0409. The molecule has 80 valence electrons. The summed E-state index contributed by atoms with van der Waals surface area (Å²) in [5.41, 5.74) is 1.32. The van der Waals surface area contributed by atoms with Gasteiger partial charge in [0.15, 0.2) is 0 Å². The van der Waals surface area contributed by atoms with Crippen LogP contribution in [-0.4, -0.2) is 12.9 Å². The Bertz CT molecular complexity index is 562. The summed E-state index contributed by atoms with van der Waals surface area (Å²) in [4.78, 5) is 0. The summed E-state index contributed by atoms with van der Waals surface area (Å²) in [6.07, 6.45) is 1.04. The second-order valence-electron chi connectivity index (χ2n) is 4.46. The lowest BCUT2D eigenvalue weighted by Gasteiger charge is -2.08. The number of ether oxygens (including phenoxy) is 2. The van der Waals surface area contributed by atoms with E-state index in [2.05, 4.69) is 36.4 Å². The normalized spacial score (nSPS) is 26.5. The minimum Gasteiger partial charge on any atom is -0.463 e. The van der Waals surface area contributed by atoms with Gasteiger partial charge in [0.2, 0.25) is 6.29 Å². The molecule has 2 heteroatoms.